The zero-order valence-corrected chi connectivity index (χ0v) is 17.5. The van der Waals surface area contributed by atoms with E-state index in [1.54, 1.807) is 25.1 Å². The Kier molecular flexibility index (Phi) is 6.51. The summed E-state index contributed by atoms with van der Waals surface area (Å²) in [5.41, 5.74) is 0.797. The van der Waals surface area contributed by atoms with Gasteiger partial charge in [0.15, 0.2) is 11.5 Å². The van der Waals surface area contributed by atoms with Gasteiger partial charge in [-0.3, -0.25) is 4.79 Å². The van der Waals surface area contributed by atoms with Crippen LogP contribution in [0.5, 0.6) is 17.2 Å². The summed E-state index contributed by atoms with van der Waals surface area (Å²) in [5, 5.41) is 2.94. The molecule has 0 fully saturated rings. The Morgan fingerprint density at radius 1 is 1.21 bits per heavy atom. The lowest BCUT2D eigenvalue weighted by Crippen LogP contribution is -2.44. The Morgan fingerprint density at radius 2 is 1.97 bits per heavy atom. The zero-order valence-electron chi connectivity index (χ0n) is 15.9. The van der Waals surface area contributed by atoms with E-state index in [4.69, 9.17) is 25.8 Å². The standard InChI is InChI=1S/C19H21ClN2O6S/c1-3-26-16-7-5-14(20)9-18(16)29(24,25)22-12(2)19(23)21-10-13-4-6-15-17(8-13)28-11-27-15/h4-9,12,22H,3,10-11H2,1-2H3,(H,21,23). The van der Waals surface area contributed by atoms with Gasteiger partial charge in [0.1, 0.15) is 10.6 Å². The SMILES string of the molecule is CCOc1ccc(Cl)cc1S(=O)(=O)NC(C)C(=O)NCc1ccc2c(c1)OCO2. The molecule has 0 spiro atoms. The lowest BCUT2D eigenvalue weighted by molar-refractivity contribution is -0.122. The monoisotopic (exact) mass is 440 g/mol. The van der Waals surface area contributed by atoms with Crippen LogP contribution in [0.4, 0.5) is 0 Å². The molecule has 10 heteroatoms. The number of halogens is 1. The van der Waals surface area contributed by atoms with Crippen molar-refractivity contribution >= 4 is 27.5 Å². The maximum Gasteiger partial charge on any atom is 0.245 e. The van der Waals surface area contributed by atoms with E-state index in [0.717, 1.165) is 5.56 Å². The summed E-state index contributed by atoms with van der Waals surface area (Å²) in [6, 6.07) is 8.59. The smallest absolute Gasteiger partial charge is 0.245 e. The predicted octanol–water partition coefficient (Wildman–Crippen LogP) is 2.45. The second-order valence-corrected chi connectivity index (χ2v) is 8.39. The third-order valence-electron chi connectivity index (χ3n) is 4.12. The van der Waals surface area contributed by atoms with E-state index in [1.807, 2.05) is 0 Å². The molecule has 0 radical (unpaired) electrons. The van der Waals surface area contributed by atoms with Crippen LogP contribution in [0.2, 0.25) is 5.02 Å². The Morgan fingerprint density at radius 3 is 2.72 bits per heavy atom. The van der Waals surface area contributed by atoms with Gasteiger partial charge in [0.2, 0.25) is 22.7 Å². The van der Waals surface area contributed by atoms with Crippen LogP contribution in [0.3, 0.4) is 0 Å². The van der Waals surface area contributed by atoms with Crippen molar-refractivity contribution in [2.45, 2.75) is 31.3 Å². The molecule has 0 saturated heterocycles. The van der Waals surface area contributed by atoms with Crippen LogP contribution in [-0.2, 0) is 21.4 Å². The fourth-order valence-electron chi connectivity index (χ4n) is 2.71. The highest BCUT2D eigenvalue weighted by Crippen LogP contribution is 2.32. The highest BCUT2D eigenvalue weighted by molar-refractivity contribution is 7.89. The molecule has 2 N–H and O–H groups in total. The molecule has 1 atom stereocenters. The van der Waals surface area contributed by atoms with E-state index >= 15 is 0 Å². The highest BCUT2D eigenvalue weighted by atomic mass is 35.5. The van der Waals surface area contributed by atoms with Gasteiger partial charge in [0.05, 0.1) is 12.6 Å². The van der Waals surface area contributed by atoms with Crippen molar-refractivity contribution in [3.8, 4) is 17.2 Å². The Bertz CT molecular complexity index is 1010. The number of carbonyl (C=O) groups is 1. The second kappa shape index (κ2) is 8.89. The van der Waals surface area contributed by atoms with Gasteiger partial charge in [-0.05, 0) is 49.7 Å². The number of hydrogen-bond donors (Lipinski definition) is 2. The van der Waals surface area contributed by atoms with Crippen LogP contribution in [0, 0.1) is 0 Å². The lowest BCUT2D eigenvalue weighted by atomic mass is 10.2. The van der Waals surface area contributed by atoms with Crippen molar-refractivity contribution in [3.63, 3.8) is 0 Å². The van der Waals surface area contributed by atoms with Crippen molar-refractivity contribution in [2.75, 3.05) is 13.4 Å². The number of fused-ring (bicyclic) bond motifs is 1. The number of hydrogen-bond acceptors (Lipinski definition) is 6. The molecule has 0 aromatic heterocycles. The predicted molar refractivity (Wildman–Crippen MR) is 107 cm³/mol. The number of nitrogens with one attached hydrogen (secondary N) is 2. The molecule has 1 aliphatic heterocycles. The number of sulfonamides is 1. The van der Waals surface area contributed by atoms with Gasteiger partial charge in [-0.25, -0.2) is 8.42 Å². The molecule has 3 rings (SSSR count). The molecule has 29 heavy (non-hydrogen) atoms. The Hall–Kier alpha value is -2.49. The van der Waals surface area contributed by atoms with E-state index < -0.39 is 22.0 Å². The third kappa shape index (κ3) is 5.11. The minimum atomic E-state index is -4.03. The number of amides is 1. The summed E-state index contributed by atoms with van der Waals surface area (Å²) in [4.78, 5) is 12.3. The van der Waals surface area contributed by atoms with Crippen LogP contribution in [0.1, 0.15) is 19.4 Å². The molecule has 1 aliphatic rings. The topological polar surface area (TPSA) is 103 Å². The van der Waals surface area contributed by atoms with Crippen molar-refractivity contribution in [1.82, 2.24) is 10.0 Å². The number of ether oxygens (including phenoxy) is 3. The van der Waals surface area contributed by atoms with Crippen LogP contribution in [-0.4, -0.2) is 33.8 Å². The quantitative estimate of drug-likeness (QED) is 0.653. The second-order valence-electron chi connectivity index (χ2n) is 6.27. The fourth-order valence-corrected chi connectivity index (χ4v) is 4.32. The minimum absolute atomic E-state index is 0.123. The van der Waals surface area contributed by atoms with Gasteiger partial charge >= 0.3 is 0 Å². The number of carbonyl (C=O) groups excluding carboxylic acids is 1. The fraction of sp³-hybridized carbons (Fsp3) is 0.316. The maximum absolute atomic E-state index is 12.7. The highest BCUT2D eigenvalue weighted by Gasteiger charge is 2.25. The Balaban J connectivity index is 1.65. The van der Waals surface area contributed by atoms with Crippen molar-refractivity contribution < 1.29 is 27.4 Å². The molecule has 8 nitrogen and oxygen atoms in total. The van der Waals surface area contributed by atoms with E-state index in [2.05, 4.69) is 10.0 Å². The van der Waals surface area contributed by atoms with Gasteiger partial charge in [0, 0.05) is 11.6 Å². The van der Waals surface area contributed by atoms with Crippen LogP contribution >= 0.6 is 11.6 Å². The first-order valence-electron chi connectivity index (χ1n) is 8.91. The first-order chi connectivity index (χ1) is 13.8. The largest absolute Gasteiger partial charge is 0.492 e. The summed E-state index contributed by atoms with van der Waals surface area (Å²) >= 11 is 5.93. The van der Waals surface area contributed by atoms with Crippen LogP contribution < -0.4 is 24.2 Å². The van der Waals surface area contributed by atoms with E-state index in [-0.39, 0.29) is 35.6 Å². The summed E-state index contributed by atoms with van der Waals surface area (Å²) in [5.74, 6) is 0.936. The molecular weight excluding hydrogens is 420 g/mol. The zero-order chi connectivity index (χ0) is 21.0. The molecule has 2 aromatic carbocycles. The molecule has 1 amide bonds. The summed E-state index contributed by atoms with van der Waals surface area (Å²) in [6.45, 7) is 3.86. The van der Waals surface area contributed by atoms with Crippen molar-refractivity contribution in [2.24, 2.45) is 0 Å². The molecule has 0 bridgehead atoms. The van der Waals surface area contributed by atoms with Gasteiger partial charge in [0.25, 0.3) is 0 Å². The van der Waals surface area contributed by atoms with Crippen LogP contribution in [0.25, 0.3) is 0 Å². The van der Waals surface area contributed by atoms with E-state index in [0.29, 0.717) is 11.5 Å². The molecule has 0 saturated carbocycles. The molecular formula is C19H21ClN2O6S. The first kappa shape index (κ1) is 21.2. The number of rotatable bonds is 8. The summed E-state index contributed by atoms with van der Waals surface area (Å²) in [7, 11) is -4.03. The maximum atomic E-state index is 12.7. The van der Waals surface area contributed by atoms with E-state index in [1.165, 1.54) is 25.1 Å². The molecule has 1 unspecified atom stereocenters. The first-order valence-corrected chi connectivity index (χ1v) is 10.8. The number of benzene rings is 2. The summed E-state index contributed by atoms with van der Waals surface area (Å²) in [6.07, 6.45) is 0. The van der Waals surface area contributed by atoms with Gasteiger partial charge in [-0.15, -0.1) is 0 Å². The Labute approximate surface area is 174 Å². The van der Waals surface area contributed by atoms with Gasteiger partial charge < -0.3 is 19.5 Å². The van der Waals surface area contributed by atoms with Gasteiger partial charge in [-0.1, -0.05) is 17.7 Å². The lowest BCUT2D eigenvalue weighted by Gasteiger charge is -2.16. The molecule has 0 aliphatic carbocycles. The van der Waals surface area contributed by atoms with Gasteiger partial charge in [-0.2, -0.15) is 4.72 Å². The third-order valence-corrected chi connectivity index (χ3v) is 5.92. The molecule has 156 valence electrons. The van der Waals surface area contributed by atoms with E-state index in [9.17, 15) is 13.2 Å². The average Bonchev–Trinajstić information content (AvgIpc) is 3.15. The summed E-state index contributed by atoms with van der Waals surface area (Å²) < 4.78 is 43.7. The molecule has 2 aromatic rings. The normalized spacial score (nSPS) is 13.8. The van der Waals surface area contributed by atoms with Crippen molar-refractivity contribution in [3.05, 3.63) is 47.0 Å². The van der Waals surface area contributed by atoms with Crippen LogP contribution in [0.15, 0.2) is 41.3 Å². The minimum Gasteiger partial charge on any atom is -0.492 e. The average molecular weight is 441 g/mol. The van der Waals surface area contributed by atoms with Crippen molar-refractivity contribution in [1.29, 1.82) is 0 Å². The molecule has 1 heterocycles.